The number of benzene rings is 2. The maximum atomic E-state index is 12.3. The highest BCUT2D eigenvalue weighted by Gasteiger charge is 2.34. The molecule has 0 spiro atoms. The van der Waals surface area contributed by atoms with Gasteiger partial charge in [-0.3, -0.25) is 24.1 Å². The molecule has 0 unspecified atom stereocenters. The van der Waals surface area contributed by atoms with Crippen molar-refractivity contribution in [2.45, 2.75) is 12.8 Å². The Morgan fingerprint density at radius 1 is 1.09 bits per heavy atom. The Bertz CT molecular complexity index is 1140. The molecule has 3 rings (SSSR count). The van der Waals surface area contributed by atoms with Gasteiger partial charge in [-0.15, -0.1) is 0 Å². The molecular formula is C23H19N3O6. The summed E-state index contributed by atoms with van der Waals surface area (Å²) in [5.41, 5.74) is 6.06. The third kappa shape index (κ3) is 4.65. The first-order valence-electron chi connectivity index (χ1n) is 9.61. The summed E-state index contributed by atoms with van der Waals surface area (Å²) >= 11 is 0. The maximum Gasteiger partial charge on any atom is 0.311 e. The lowest BCUT2D eigenvalue weighted by Crippen LogP contribution is -2.31. The van der Waals surface area contributed by atoms with E-state index in [4.69, 9.17) is 20.5 Å². The molecule has 0 saturated heterocycles. The Kier molecular flexibility index (Phi) is 6.65. The lowest BCUT2D eigenvalue weighted by molar-refractivity contribution is -0.134. The molecule has 162 valence electrons. The minimum Gasteiger partial charge on any atom is -0.493 e. The van der Waals surface area contributed by atoms with Gasteiger partial charge in [0.25, 0.3) is 17.7 Å². The van der Waals surface area contributed by atoms with Crippen LogP contribution in [0.15, 0.2) is 48.0 Å². The summed E-state index contributed by atoms with van der Waals surface area (Å²) < 4.78 is 10.5. The average molecular weight is 433 g/mol. The molecule has 0 aliphatic carbocycles. The summed E-state index contributed by atoms with van der Waals surface area (Å²) in [5, 5.41) is 8.94. The summed E-state index contributed by atoms with van der Waals surface area (Å²) in [6.45, 7) is 0.0897. The number of carbonyl (C=O) groups excluding carboxylic acids is 4. The van der Waals surface area contributed by atoms with Crippen molar-refractivity contribution >= 4 is 29.8 Å². The summed E-state index contributed by atoms with van der Waals surface area (Å²) in [7, 11) is 1.38. The molecule has 0 radical (unpaired) electrons. The Balaban J connectivity index is 1.60. The average Bonchev–Trinajstić information content (AvgIpc) is 3.03. The molecule has 9 nitrogen and oxygen atoms in total. The van der Waals surface area contributed by atoms with Gasteiger partial charge in [-0.05, 0) is 42.3 Å². The number of hydrogen-bond acceptors (Lipinski definition) is 7. The molecular weight excluding hydrogens is 414 g/mol. The van der Waals surface area contributed by atoms with Gasteiger partial charge in [0.1, 0.15) is 11.6 Å². The standard InChI is InChI=1S/C23H19N3O6/c1-31-19-12-14(11-15(13-24)21(25)28)8-9-18(19)32-20(27)7-4-10-26-22(29)16-5-2-3-6-17(16)23(26)30/h2-3,5-6,8-9,11-12H,4,7,10H2,1H3,(H2,25,28)/b15-11+. The van der Waals surface area contributed by atoms with Crippen LogP contribution in [0, 0.1) is 11.3 Å². The van der Waals surface area contributed by atoms with Crippen LogP contribution in [0.1, 0.15) is 39.1 Å². The van der Waals surface area contributed by atoms with Crippen LogP contribution in [-0.4, -0.2) is 42.2 Å². The van der Waals surface area contributed by atoms with Crippen molar-refractivity contribution in [3.05, 3.63) is 64.7 Å². The smallest absolute Gasteiger partial charge is 0.311 e. The monoisotopic (exact) mass is 433 g/mol. The van der Waals surface area contributed by atoms with E-state index in [0.29, 0.717) is 16.7 Å². The summed E-state index contributed by atoms with van der Waals surface area (Å²) in [6.07, 6.45) is 1.49. The van der Waals surface area contributed by atoms with Gasteiger partial charge in [-0.25, -0.2) is 0 Å². The van der Waals surface area contributed by atoms with Crippen LogP contribution < -0.4 is 15.2 Å². The van der Waals surface area contributed by atoms with Crippen molar-refractivity contribution in [3.8, 4) is 17.6 Å². The largest absolute Gasteiger partial charge is 0.493 e. The van der Waals surface area contributed by atoms with Crippen molar-refractivity contribution < 1.29 is 28.7 Å². The molecule has 0 bridgehead atoms. The van der Waals surface area contributed by atoms with Crippen LogP contribution in [0.3, 0.4) is 0 Å². The van der Waals surface area contributed by atoms with Gasteiger partial charge in [-0.2, -0.15) is 5.26 Å². The fourth-order valence-corrected chi connectivity index (χ4v) is 3.18. The fraction of sp³-hybridized carbons (Fsp3) is 0.174. The number of nitrogens with zero attached hydrogens (tertiary/aromatic N) is 2. The van der Waals surface area contributed by atoms with Crippen molar-refractivity contribution in [1.29, 1.82) is 5.26 Å². The number of rotatable bonds is 8. The van der Waals surface area contributed by atoms with E-state index in [2.05, 4.69) is 0 Å². The van der Waals surface area contributed by atoms with Gasteiger partial charge >= 0.3 is 5.97 Å². The lowest BCUT2D eigenvalue weighted by Gasteiger charge is -2.14. The second kappa shape index (κ2) is 9.57. The molecule has 9 heteroatoms. The normalized spacial score (nSPS) is 12.9. The highest BCUT2D eigenvalue weighted by molar-refractivity contribution is 6.21. The number of esters is 1. The highest BCUT2D eigenvalue weighted by atomic mass is 16.6. The molecule has 2 aromatic carbocycles. The summed E-state index contributed by atoms with van der Waals surface area (Å²) in [6, 6.07) is 12.7. The summed E-state index contributed by atoms with van der Waals surface area (Å²) in [5.74, 6) is -1.82. The van der Waals surface area contributed by atoms with E-state index in [-0.39, 0.29) is 48.3 Å². The van der Waals surface area contributed by atoms with Crippen LogP contribution in [0.4, 0.5) is 0 Å². The molecule has 0 atom stereocenters. The Labute approximate surface area is 183 Å². The SMILES string of the molecule is COc1cc(/C=C(\C#N)C(N)=O)ccc1OC(=O)CCCN1C(=O)c2ccccc2C1=O. The predicted octanol–water partition coefficient (Wildman–Crippen LogP) is 2.07. The van der Waals surface area contributed by atoms with E-state index in [1.807, 2.05) is 0 Å². The zero-order chi connectivity index (χ0) is 23.3. The zero-order valence-electron chi connectivity index (χ0n) is 17.2. The van der Waals surface area contributed by atoms with Crippen molar-refractivity contribution in [1.82, 2.24) is 4.90 Å². The second-order valence-electron chi connectivity index (χ2n) is 6.83. The van der Waals surface area contributed by atoms with Crippen LogP contribution >= 0.6 is 0 Å². The van der Waals surface area contributed by atoms with E-state index < -0.39 is 11.9 Å². The number of ether oxygens (including phenoxy) is 2. The van der Waals surface area contributed by atoms with E-state index in [9.17, 15) is 19.2 Å². The van der Waals surface area contributed by atoms with E-state index >= 15 is 0 Å². The van der Waals surface area contributed by atoms with Crippen molar-refractivity contribution in [2.75, 3.05) is 13.7 Å². The first-order chi connectivity index (χ1) is 15.3. The topological polar surface area (TPSA) is 140 Å². The third-order valence-electron chi connectivity index (χ3n) is 4.75. The van der Waals surface area contributed by atoms with E-state index in [1.165, 1.54) is 31.4 Å². The van der Waals surface area contributed by atoms with Crippen LogP contribution in [-0.2, 0) is 9.59 Å². The first kappa shape index (κ1) is 22.2. The molecule has 3 amide bonds. The van der Waals surface area contributed by atoms with E-state index in [0.717, 1.165) is 4.90 Å². The molecule has 1 aliphatic heterocycles. The van der Waals surface area contributed by atoms with Gasteiger partial charge in [0.2, 0.25) is 0 Å². The van der Waals surface area contributed by atoms with Gasteiger partial charge in [-0.1, -0.05) is 18.2 Å². The number of hydrogen-bond donors (Lipinski definition) is 1. The van der Waals surface area contributed by atoms with Gasteiger partial charge in [0.15, 0.2) is 11.5 Å². The van der Waals surface area contributed by atoms with Gasteiger partial charge in [0, 0.05) is 13.0 Å². The number of primary amides is 1. The number of imide groups is 1. The zero-order valence-corrected chi connectivity index (χ0v) is 17.2. The molecule has 1 aliphatic rings. The van der Waals surface area contributed by atoms with Crippen LogP contribution in [0.25, 0.3) is 6.08 Å². The minimum absolute atomic E-state index is 0.0293. The number of methoxy groups -OCH3 is 1. The number of nitriles is 1. The van der Waals surface area contributed by atoms with Gasteiger partial charge in [0.05, 0.1) is 18.2 Å². The molecule has 0 fully saturated rings. The molecule has 0 saturated carbocycles. The van der Waals surface area contributed by atoms with E-state index in [1.54, 1.807) is 30.3 Å². The Morgan fingerprint density at radius 3 is 2.31 bits per heavy atom. The molecule has 2 N–H and O–H groups in total. The second-order valence-corrected chi connectivity index (χ2v) is 6.83. The number of amides is 3. The lowest BCUT2D eigenvalue weighted by atomic mass is 10.1. The van der Waals surface area contributed by atoms with Crippen molar-refractivity contribution in [2.24, 2.45) is 5.73 Å². The molecule has 32 heavy (non-hydrogen) atoms. The third-order valence-corrected chi connectivity index (χ3v) is 4.75. The quantitative estimate of drug-likeness (QED) is 0.221. The van der Waals surface area contributed by atoms with Crippen molar-refractivity contribution in [3.63, 3.8) is 0 Å². The van der Waals surface area contributed by atoms with Crippen LogP contribution in [0.5, 0.6) is 11.5 Å². The molecule has 1 heterocycles. The highest BCUT2D eigenvalue weighted by Crippen LogP contribution is 2.29. The fourth-order valence-electron chi connectivity index (χ4n) is 3.18. The minimum atomic E-state index is -0.861. The Morgan fingerprint density at radius 2 is 1.75 bits per heavy atom. The molecule has 2 aromatic rings. The number of carbonyl (C=O) groups is 4. The van der Waals surface area contributed by atoms with Gasteiger partial charge < -0.3 is 15.2 Å². The number of nitrogens with two attached hydrogens (primary N) is 1. The predicted molar refractivity (Wildman–Crippen MR) is 112 cm³/mol. The first-order valence-corrected chi connectivity index (χ1v) is 9.61. The Hall–Kier alpha value is -4.45. The molecule has 0 aromatic heterocycles. The maximum absolute atomic E-state index is 12.3. The van der Waals surface area contributed by atoms with Crippen LogP contribution in [0.2, 0.25) is 0 Å². The summed E-state index contributed by atoms with van der Waals surface area (Å²) in [4.78, 5) is 49.3. The number of fused-ring (bicyclic) bond motifs is 1.